The monoisotopic (exact) mass is 885 g/mol. The molecule has 0 saturated carbocycles. The van der Waals surface area contributed by atoms with Crippen LogP contribution in [0.5, 0.6) is 0 Å². The molecule has 0 amide bonds. The molecule has 0 aliphatic rings. The minimum atomic E-state index is -3.81. The number of unbranched alkanes of at least 4 members (excludes halogenated alkanes) is 28. The molecule has 0 atom stereocenters. The van der Waals surface area contributed by atoms with Crippen molar-refractivity contribution >= 4 is 21.8 Å². The number of nitrogens with zero attached hydrogens (tertiary/aromatic N) is 1. The number of benzene rings is 2. The number of sulfone groups is 1. The number of hydrogen-bond donors (Lipinski definition) is 2. The zero-order chi connectivity index (χ0) is 45.6. The van der Waals surface area contributed by atoms with E-state index in [9.17, 15) is 18.0 Å². The maximum absolute atomic E-state index is 12.3. The van der Waals surface area contributed by atoms with Crippen LogP contribution < -0.4 is 0 Å². The van der Waals surface area contributed by atoms with Gasteiger partial charge in [0, 0.05) is 0 Å². The number of carboxylic acids is 2. The van der Waals surface area contributed by atoms with Gasteiger partial charge in [-0.25, -0.2) is 18.0 Å². The van der Waals surface area contributed by atoms with Gasteiger partial charge < -0.3 is 14.7 Å². The van der Waals surface area contributed by atoms with Crippen LogP contribution in [0.3, 0.4) is 0 Å². The Morgan fingerprint density at radius 2 is 0.548 bits per heavy atom. The normalized spacial score (nSPS) is 11.7. The Labute approximate surface area is 381 Å². The molecule has 0 aliphatic heterocycles. The second-order valence-corrected chi connectivity index (χ2v) is 20.2. The summed E-state index contributed by atoms with van der Waals surface area (Å²) in [6.07, 6.45) is 46.7. The van der Waals surface area contributed by atoms with E-state index < -0.39 is 21.8 Å². The SMILES string of the molecule is CCCCCCCCCC[N+](CCCCCCCCCC)(CCCCCCCCCC)CCCCCCCCCC.O=C(O)c1ccc(S(=O)(=O)c2ccc(C(=O)O)cc2)cc1. The molecule has 62 heavy (non-hydrogen) atoms. The average Bonchev–Trinajstić information content (AvgIpc) is 3.27. The molecule has 2 aromatic carbocycles. The molecule has 0 spiro atoms. The average molecular weight is 885 g/mol. The summed E-state index contributed by atoms with van der Waals surface area (Å²) in [6, 6.07) is 9.57. The predicted molar refractivity (Wildman–Crippen MR) is 262 cm³/mol. The molecule has 7 nitrogen and oxygen atoms in total. The summed E-state index contributed by atoms with van der Waals surface area (Å²) in [6.45, 7) is 15.3. The molecular formula is C54H94NO6S+. The lowest BCUT2D eigenvalue weighted by Gasteiger charge is -2.40. The van der Waals surface area contributed by atoms with E-state index in [1.165, 1.54) is 285 Å². The van der Waals surface area contributed by atoms with Crippen LogP contribution in [-0.2, 0) is 9.84 Å². The molecule has 0 radical (unpaired) electrons. The molecule has 8 heteroatoms. The van der Waals surface area contributed by atoms with E-state index in [0.29, 0.717) is 0 Å². The van der Waals surface area contributed by atoms with E-state index in [0.717, 1.165) is 0 Å². The van der Waals surface area contributed by atoms with Crippen molar-refractivity contribution in [2.45, 2.75) is 243 Å². The quantitative estimate of drug-likeness (QED) is 0.0510. The number of carboxylic acid groups (broad SMARTS) is 2. The lowest BCUT2D eigenvalue weighted by Crippen LogP contribution is -2.50. The van der Waals surface area contributed by atoms with Crippen molar-refractivity contribution in [3.8, 4) is 0 Å². The molecule has 0 saturated heterocycles. The Hall–Kier alpha value is -2.71. The topological polar surface area (TPSA) is 109 Å². The summed E-state index contributed by atoms with van der Waals surface area (Å²) >= 11 is 0. The van der Waals surface area contributed by atoms with Crippen molar-refractivity contribution in [2.75, 3.05) is 26.2 Å². The van der Waals surface area contributed by atoms with Gasteiger partial charge >= 0.3 is 11.9 Å². The number of rotatable bonds is 40. The van der Waals surface area contributed by atoms with Gasteiger partial charge in [-0.3, -0.25) is 0 Å². The van der Waals surface area contributed by atoms with Crippen LogP contribution in [0.4, 0.5) is 0 Å². The Morgan fingerprint density at radius 3 is 0.742 bits per heavy atom. The van der Waals surface area contributed by atoms with Gasteiger partial charge in [0.1, 0.15) is 0 Å². The van der Waals surface area contributed by atoms with Crippen molar-refractivity contribution in [1.82, 2.24) is 0 Å². The smallest absolute Gasteiger partial charge is 0.335 e. The van der Waals surface area contributed by atoms with Crippen LogP contribution in [0.2, 0.25) is 0 Å². The fourth-order valence-electron chi connectivity index (χ4n) is 8.68. The van der Waals surface area contributed by atoms with E-state index in [2.05, 4.69) is 27.7 Å². The van der Waals surface area contributed by atoms with Crippen molar-refractivity contribution in [3.63, 3.8) is 0 Å². The van der Waals surface area contributed by atoms with Gasteiger partial charge in [-0.15, -0.1) is 0 Å². The number of quaternary nitrogens is 1. The van der Waals surface area contributed by atoms with E-state index in [1.54, 1.807) is 0 Å². The van der Waals surface area contributed by atoms with Crippen LogP contribution in [0, 0.1) is 0 Å². The highest BCUT2D eigenvalue weighted by molar-refractivity contribution is 7.91. The molecule has 0 aromatic heterocycles. The fourth-order valence-corrected chi connectivity index (χ4v) is 9.95. The van der Waals surface area contributed by atoms with Gasteiger partial charge in [-0.2, -0.15) is 0 Å². The minimum Gasteiger partial charge on any atom is -0.478 e. The third-order valence-electron chi connectivity index (χ3n) is 12.8. The van der Waals surface area contributed by atoms with Gasteiger partial charge in [-0.1, -0.05) is 182 Å². The highest BCUT2D eigenvalue weighted by Crippen LogP contribution is 2.23. The lowest BCUT2D eigenvalue weighted by molar-refractivity contribution is -0.929. The van der Waals surface area contributed by atoms with Crippen molar-refractivity contribution in [1.29, 1.82) is 0 Å². The van der Waals surface area contributed by atoms with Crippen molar-refractivity contribution in [3.05, 3.63) is 59.7 Å². The van der Waals surface area contributed by atoms with E-state index in [4.69, 9.17) is 10.2 Å². The molecule has 0 fully saturated rings. The summed E-state index contributed by atoms with van der Waals surface area (Å²) in [4.78, 5) is 21.3. The molecule has 0 unspecified atom stereocenters. The van der Waals surface area contributed by atoms with Gasteiger partial charge in [0.25, 0.3) is 0 Å². The maximum atomic E-state index is 12.3. The molecule has 2 aromatic rings. The second kappa shape index (κ2) is 37.6. The van der Waals surface area contributed by atoms with E-state index in [-0.39, 0.29) is 20.9 Å². The minimum absolute atomic E-state index is 0.0184. The van der Waals surface area contributed by atoms with Crippen molar-refractivity contribution in [2.24, 2.45) is 0 Å². The third-order valence-corrected chi connectivity index (χ3v) is 14.6. The second-order valence-electron chi connectivity index (χ2n) is 18.3. The van der Waals surface area contributed by atoms with Gasteiger partial charge in [-0.05, 0) is 99.9 Å². The largest absolute Gasteiger partial charge is 0.478 e. The van der Waals surface area contributed by atoms with E-state index >= 15 is 0 Å². The lowest BCUT2D eigenvalue weighted by atomic mass is 10.0. The molecule has 0 bridgehead atoms. The van der Waals surface area contributed by atoms with Crippen LogP contribution in [0.15, 0.2) is 58.3 Å². The van der Waals surface area contributed by atoms with Gasteiger partial charge in [0.2, 0.25) is 9.84 Å². The maximum Gasteiger partial charge on any atom is 0.335 e. The summed E-state index contributed by atoms with van der Waals surface area (Å²) in [5, 5.41) is 17.5. The van der Waals surface area contributed by atoms with Crippen LogP contribution >= 0.6 is 0 Å². The van der Waals surface area contributed by atoms with Crippen LogP contribution in [0.1, 0.15) is 254 Å². The Morgan fingerprint density at radius 1 is 0.355 bits per heavy atom. The Kier molecular flexibility index (Phi) is 34.8. The number of carbonyl (C=O) groups is 2. The zero-order valence-corrected chi connectivity index (χ0v) is 41.3. The summed E-state index contributed by atoms with van der Waals surface area (Å²) in [5.74, 6) is -2.30. The Bertz CT molecular complexity index is 1320. The highest BCUT2D eigenvalue weighted by Gasteiger charge is 2.26. The first-order valence-corrected chi connectivity index (χ1v) is 27.3. The molecular weight excluding hydrogens is 791 g/mol. The first-order valence-electron chi connectivity index (χ1n) is 25.8. The Balaban J connectivity index is 0.000000757. The predicted octanol–water partition coefficient (Wildman–Crippen LogP) is 16.3. The summed E-state index contributed by atoms with van der Waals surface area (Å²) in [7, 11) is -3.81. The third kappa shape index (κ3) is 27.5. The first kappa shape index (κ1) is 57.3. The molecule has 2 rings (SSSR count). The fraction of sp³-hybridized carbons (Fsp3) is 0.741. The van der Waals surface area contributed by atoms with Gasteiger partial charge in [0.05, 0.1) is 47.1 Å². The van der Waals surface area contributed by atoms with Crippen LogP contribution in [-0.4, -0.2) is 61.2 Å². The van der Waals surface area contributed by atoms with Crippen LogP contribution in [0.25, 0.3) is 0 Å². The molecule has 0 aliphatic carbocycles. The first-order chi connectivity index (χ1) is 30.1. The van der Waals surface area contributed by atoms with Gasteiger partial charge in [0.15, 0.2) is 0 Å². The summed E-state index contributed by atoms with van der Waals surface area (Å²) in [5.41, 5.74) is -0.0367. The number of hydrogen-bond acceptors (Lipinski definition) is 4. The standard InChI is InChI=1S/C40H84N.C14H10O6S/c1-5-9-13-17-21-25-29-33-37-41(38-34-30-26-22-18-14-10-6-2,39-35-31-27-23-19-15-11-7-3)40-36-32-28-24-20-16-12-8-4;15-13(16)9-1-5-11(6-2-9)21(19,20)12-7-3-10(4-8-12)14(17)18/h5-40H2,1-4H3;1-8H,(H,15,16)(H,17,18)/q+1;. The molecule has 2 N–H and O–H groups in total. The highest BCUT2D eigenvalue weighted by atomic mass is 32.2. The summed E-state index contributed by atoms with van der Waals surface area (Å²) < 4.78 is 26.1. The molecule has 356 valence electrons. The van der Waals surface area contributed by atoms with E-state index in [1.807, 2.05) is 0 Å². The number of aromatic carboxylic acids is 2. The van der Waals surface area contributed by atoms with Crippen molar-refractivity contribution < 1.29 is 32.7 Å². The zero-order valence-electron chi connectivity index (χ0n) is 40.5. The molecule has 0 heterocycles.